The molecule has 2 atom stereocenters. The highest BCUT2D eigenvalue weighted by Crippen LogP contribution is 2.32. The van der Waals surface area contributed by atoms with Gasteiger partial charge in [0.1, 0.15) is 0 Å². The number of ether oxygens (including phenoxy) is 1. The number of benzene rings is 1. The Hall–Kier alpha value is -1.01. The van der Waals surface area contributed by atoms with Gasteiger partial charge in [-0.15, -0.1) is 0 Å². The summed E-state index contributed by atoms with van der Waals surface area (Å²) in [7, 11) is -3.68. The molecule has 0 spiro atoms. The van der Waals surface area contributed by atoms with Gasteiger partial charge in [-0.25, -0.2) is 8.42 Å². The van der Waals surface area contributed by atoms with Gasteiger partial charge in [0.05, 0.1) is 11.5 Å². The number of aryl methyl sites for hydroxylation is 2. The van der Waals surface area contributed by atoms with E-state index in [2.05, 4.69) is 0 Å². The van der Waals surface area contributed by atoms with E-state index in [4.69, 9.17) is 4.74 Å². The van der Waals surface area contributed by atoms with Crippen molar-refractivity contribution in [3.05, 3.63) is 29.3 Å². The SMILES string of the molecule is CCC[C@H]1COC(=O)C1S(=O)(=O)c1ccc(C)cc1C.S. The van der Waals surface area contributed by atoms with E-state index < -0.39 is 21.1 Å². The van der Waals surface area contributed by atoms with Crippen LogP contribution in [-0.2, 0) is 19.4 Å². The average Bonchev–Trinajstić information content (AvgIpc) is 2.71. The van der Waals surface area contributed by atoms with E-state index in [0.29, 0.717) is 12.0 Å². The lowest BCUT2D eigenvalue weighted by Crippen LogP contribution is -2.32. The van der Waals surface area contributed by atoms with Gasteiger partial charge in [0, 0.05) is 5.92 Å². The Balaban J connectivity index is 0.00000220. The van der Waals surface area contributed by atoms with Crippen molar-refractivity contribution >= 4 is 29.3 Å². The molecular weight excluding hydrogens is 308 g/mol. The van der Waals surface area contributed by atoms with E-state index in [0.717, 1.165) is 12.0 Å². The molecule has 21 heavy (non-hydrogen) atoms. The van der Waals surface area contributed by atoms with Crippen LogP contribution in [0, 0.1) is 19.8 Å². The maximum atomic E-state index is 12.8. The molecule has 0 aromatic heterocycles. The van der Waals surface area contributed by atoms with E-state index in [1.54, 1.807) is 19.1 Å². The number of hydrogen-bond donors (Lipinski definition) is 0. The highest BCUT2D eigenvalue weighted by atomic mass is 32.2. The van der Waals surface area contributed by atoms with Crippen LogP contribution in [0.5, 0.6) is 0 Å². The number of carbonyl (C=O) groups is 1. The summed E-state index contributed by atoms with van der Waals surface area (Å²) >= 11 is 0. The molecule has 2 rings (SSSR count). The highest BCUT2D eigenvalue weighted by molar-refractivity contribution is 7.92. The second kappa shape index (κ2) is 6.83. The number of hydrogen-bond acceptors (Lipinski definition) is 4. The van der Waals surface area contributed by atoms with Gasteiger partial charge in [-0.05, 0) is 31.9 Å². The van der Waals surface area contributed by atoms with E-state index in [9.17, 15) is 13.2 Å². The molecule has 4 nitrogen and oxygen atoms in total. The number of rotatable bonds is 4. The molecule has 1 aliphatic rings. The molecule has 1 saturated heterocycles. The largest absolute Gasteiger partial charge is 0.464 e. The zero-order chi connectivity index (χ0) is 14.9. The average molecular weight is 330 g/mol. The third-order valence-corrected chi connectivity index (χ3v) is 6.05. The van der Waals surface area contributed by atoms with Crippen LogP contribution in [0.3, 0.4) is 0 Å². The van der Waals surface area contributed by atoms with Crippen LogP contribution in [0.1, 0.15) is 30.9 Å². The number of carbonyl (C=O) groups excluding carboxylic acids is 1. The van der Waals surface area contributed by atoms with Crippen LogP contribution in [0.25, 0.3) is 0 Å². The van der Waals surface area contributed by atoms with Crippen LogP contribution < -0.4 is 0 Å². The summed E-state index contributed by atoms with van der Waals surface area (Å²) in [5.74, 6) is -0.846. The van der Waals surface area contributed by atoms with E-state index in [1.165, 1.54) is 0 Å². The van der Waals surface area contributed by atoms with Crippen molar-refractivity contribution in [3.63, 3.8) is 0 Å². The smallest absolute Gasteiger partial charge is 0.325 e. The molecule has 1 unspecified atom stereocenters. The van der Waals surface area contributed by atoms with Gasteiger partial charge in [0.2, 0.25) is 0 Å². The molecule has 0 amide bonds. The Morgan fingerprint density at radius 2 is 1.95 bits per heavy atom. The Bertz CT molecular complexity index is 623. The first-order chi connectivity index (χ1) is 9.37. The second-order valence-corrected chi connectivity index (χ2v) is 7.45. The maximum absolute atomic E-state index is 12.8. The first kappa shape index (κ1) is 18.0. The second-order valence-electron chi connectivity index (χ2n) is 5.41. The zero-order valence-corrected chi connectivity index (χ0v) is 14.4. The first-order valence-electron chi connectivity index (χ1n) is 6.85. The molecule has 6 heteroatoms. The third kappa shape index (κ3) is 3.43. The lowest BCUT2D eigenvalue weighted by atomic mass is 10.0. The van der Waals surface area contributed by atoms with E-state index in [-0.39, 0.29) is 30.9 Å². The summed E-state index contributed by atoms with van der Waals surface area (Å²) in [6.07, 6.45) is 1.51. The Kier molecular flexibility index (Phi) is 5.87. The quantitative estimate of drug-likeness (QED) is 0.796. The lowest BCUT2D eigenvalue weighted by molar-refractivity contribution is -0.137. The molecule has 1 aliphatic heterocycles. The van der Waals surface area contributed by atoms with E-state index in [1.807, 2.05) is 19.9 Å². The predicted octanol–water partition coefficient (Wildman–Crippen LogP) is 2.53. The van der Waals surface area contributed by atoms with Crippen molar-refractivity contribution in [2.75, 3.05) is 6.61 Å². The van der Waals surface area contributed by atoms with Gasteiger partial charge in [0.25, 0.3) is 0 Å². The predicted molar refractivity (Wildman–Crippen MR) is 86.6 cm³/mol. The monoisotopic (exact) mass is 330 g/mol. The molecule has 0 bridgehead atoms. The zero-order valence-electron chi connectivity index (χ0n) is 12.5. The highest BCUT2D eigenvalue weighted by Gasteiger charge is 2.46. The molecule has 1 heterocycles. The minimum absolute atomic E-state index is 0. The fourth-order valence-corrected chi connectivity index (χ4v) is 4.87. The van der Waals surface area contributed by atoms with Crippen LogP contribution in [0.2, 0.25) is 0 Å². The molecular formula is C15H22O4S2. The van der Waals surface area contributed by atoms with Crippen LogP contribution >= 0.6 is 13.5 Å². The minimum atomic E-state index is -3.68. The fraction of sp³-hybridized carbons (Fsp3) is 0.533. The Morgan fingerprint density at radius 3 is 2.52 bits per heavy atom. The molecule has 1 fully saturated rings. The number of sulfone groups is 1. The summed E-state index contributed by atoms with van der Waals surface area (Å²) in [5.41, 5.74) is 1.68. The Labute approximate surface area is 133 Å². The lowest BCUT2D eigenvalue weighted by Gasteiger charge is -2.16. The minimum Gasteiger partial charge on any atom is -0.464 e. The fourth-order valence-electron chi connectivity index (χ4n) is 2.79. The third-order valence-electron chi connectivity index (χ3n) is 3.73. The molecule has 118 valence electrons. The van der Waals surface area contributed by atoms with E-state index >= 15 is 0 Å². The normalized spacial score (nSPS) is 21.8. The molecule has 0 saturated carbocycles. The molecule has 1 aromatic rings. The van der Waals surface area contributed by atoms with Crippen molar-refractivity contribution in [3.8, 4) is 0 Å². The Morgan fingerprint density at radius 1 is 1.29 bits per heavy atom. The van der Waals surface area contributed by atoms with Crippen LogP contribution in [-0.4, -0.2) is 26.2 Å². The maximum Gasteiger partial charge on any atom is 0.325 e. The van der Waals surface area contributed by atoms with Crippen molar-refractivity contribution in [2.24, 2.45) is 5.92 Å². The summed E-state index contributed by atoms with van der Waals surface area (Å²) in [4.78, 5) is 12.1. The van der Waals surface area contributed by atoms with Gasteiger partial charge in [-0.1, -0.05) is 31.0 Å². The molecule has 0 N–H and O–H groups in total. The molecule has 1 aromatic carbocycles. The van der Waals surface area contributed by atoms with Crippen molar-refractivity contribution in [1.29, 1.82) is 0 Å². The molecule has 0 aliphatic carbocycles. The van der Waals surface area contributed by atoms with Crippen LogP contribution in [0.15, 0.2) is 23.1 Å². The number of cyclic esters (lactones) is 1. The van der Waals surface area contributed by atoms with Gasteiger partial charge in [0.15, 0.2) is 15.1 Å². The number of esters is 1. The first-order valence-corrected chi connectivity index (χ1v) is 8.40. The summed E-state index contributed by atoms with van der Waals surface area (Å²) in [6.45, 7) is 5.85. The van der Waals surface area contributed by atoms with Gasteiger partial charge in [-0.2, -0.15) is 13.5 Å². The summed E-state index contributed by atoms with van der Waals surface area (Å²) in [6, 6.07) is 5.17. The summed E-state index contributed by atoms with van der Waals surface area (Å²) in [5, 5.41) is -1.05. The standard InChI is InChI=1S/C15H20O4S.H2S/c1-4-5-12-9-19-15(16)14(12)20(17,18)13-7-6-10(2)8-11(13)3;/h6-8,12,14H,4-5,9H2,1-3H3;1H2/t12-,14?;/m0./s1. The van der Waals surface area contributed by atoms with Crippen molar-refractivity contribution < 1.29 is 17.9 Å². The van der Waals surface area contributed by atoms with Crippen molar-refractivity contribution in [1.82, 2.24) is 0 Å². The van der Waals surface area contributed by atoms with Gasteiger partial charge < -0.3 is 4.74 Å². The van der Waals surface area contributed by atoms with Gasteiger partial charge >= 0.3 is 5.97 Å². The van der Waals surface area contributed by atoms with Crippen molar-refractivity contribution in [2.45, 2.75) is 43.8 Å². The topological polar surface area (TPSA) is 60.4 Å². The summed E-state index contributed by atoms with van der Waals surface area (Å²) < 4.78 is 30.5. The van der Waals surface area contributed by atoms with Crippen LogP contribution in [0.4, 0.5) is 0 Å². The van der Waals surface area contributed by atoms with Gasteiger partial charge in [-0.3, -0.25) is 4.79 Å². The molecule has 0 radical (unpaired) electrons.